The Hall–Kier alpha value is -2.14. The molecule has 0 saturated carbocycles. The highest BCUT2D eigenvalue weighted by atomic mass is 35.5. The van der Waals surface area contributed by atoms with Gasteiger partial charge in [-0.25, -0.2) is 4.98 Å². The molecule has 0 aliphatic carbocycles. The Morgan fingerprint density at radius 1 is 1.43 bits per heavy atom. The minimum absolute atomic E-state index is 0.0631. The Morgan fingerprint density at radius 2 is 2.24 bits per heavy atom. The highest BCUT2D eigenvalue weighted by Crippen LogP contribution is 2.31. The van der Waals surface area contributed by atoms with Gasteiger partial charge in [0, 0.05) is 24.4 Å². The van der Waals surface area contributed by atoms with Crippen LogP contribution in [0.25, 0.3) is 10.9 Å². The van der Waals surface area contributed by atoms with Crippen LogP contribution in [0, 0.1) is 0 Å². The third kappa shape index (κ3) is 2.45. The molecule has 2 heterocycles. The lowest BCUT2D eigenvalue weighted by atomic mass is 9.93. The highest BCUT2D eigenvalue weighted by Gasteiger charge is 2.28. The summed E-state index contributed by atoms with van der Waals surface area (Å²) >= 11 is 6.29. The van der Waals surface area contributed by atoms with Crippen molar-refractivity contribution in [3.8, 4) is 5.75 Å². The molecule has 1 aliphatic heterocycles. The molecule has 0 saturated heterocycles. The number of carbonyl (C=O) groups excluding carboxylic acids is 1. The van der Waals surface area contributed by atoms with E-state index in [2.05, 4.69) is 15.5 Å². The first-order valence-corrected chi connectivity index (χ1v) is 6.93. The fourth-order valence-electron chi connectivity index (χ4n) is 2.50. The van der Waals surface area contributed by atoms with E-state index in [1.165, 1.54) is 6.92 Å². The summed E-state index contributed by atoms with van der Waals surface area (Å²) < 4.78 is 5.23. The van der Waals surface area contributed by atoms with Crippen molar-refractivity contribution in [2.75, 3.05) is 13.7 Å². The van der Waals surface area contributed by atoms with Gasteiger partial charge in [-0.2, -0.15) is 5.10 Å². The monoisotopic (exact) mass is 303 g/mol. The van der Waals surface area contributed by atoms with Crippen molar-refractivity contribution < 1.29 is 9.53 Å². The van der Waals surface area contributed by atoms with Crippen molar-refractivity contribution in [3.63, 3.8) is 0 Å². The summed E-state index contributed by atoms with van der Waals surface area (Å²) in [5.41, 5.74) is 4.93. The third-order valence-electron chi connectivity index (χ3n) is 3.56. The van der Waals surface area contributed by atoms with Gasteiger partial charge in [0.25, 0.3) is 0 Å². The van der Waals surface area contributed by atoms with Crippen LogP contribution in [0.5, 0.6) is 5.75 Å². The molecular formula is C15H14ClN3O2. The maximum absolute atomic E-state index is 11.7. The first kappa shape index (κ1) is 13.8. The number of hydrazone groups is 1. The molecule has 0 fully saturated rings. The summed E-state index contributed by atoms with van der Waals surface area (Å²) in [6, 6.07) is 7.54. The van der Waals surface area contributed by atoms with E-state index in [9.17, 15) is 4.79 Å². The lowest BCUT2D eigenvalue weighted by Gasteiger charge is -2.13. The van der Waals surface area contributed by atoms with E-state index in [1.54, 1.807) is 7.11 Å². The molecule has 2 aromatic rings. The van der Waals surface area contributed by atoms with Crippen LogP contribution in [-0.2, 0) is 4.79 Å². The molecule has 1 aromatic heterocycles. The Bertz CT molecular complexity index is 758. The van der Waals surface area contributed by atoms with Gasteiger partial charge >= 0.3 is 0 Å². The van der Waals surface area contributed by atoms with Gasteiger partial charge < -0.3 is 10.2 Å². The van der Waals surface area contributed by atoms with Crippen LogP contribution in [0.15, 0.2) is 29.4 Å². The molecule has 0 unspecified atom stereocenters. The predicted molar refractivity (Wildman–Crippen MR) is 82.2 cm³/mol. The van der Waals surface area contributed by atoms with Crippen LogP contribution in [0.4, 0.5) is 0 Å². The SMILES string of the molecule is COc1ccc2nc(Cl)c([C@@H]3CNN=C3C(C)=O)cc2c1. The summed E-state index contributed by atoms with van der Waals surface area (Å²) in [5, 5.41) is 5.37. The normalized spacial score (nSPS) is 17.5. The lowest BCUT2D eigenvalue weighted by Crippen LogP contribution is -2.19. The minimum atomic E-state index is -0.168. The molecule has 0 spiro atoms. The van der Waals surface area contributed by atoms with Crippen LogP contribution in [-0.4, -0.2) is 30.1 Å². The molecule has 0 amide bonds. The number of ketones is 1. The van der Waals surface area contributed by atoms with Crippen LogP contribution in [0.1, 0.15) is 18.4 Å². The van der Waals surface area contributed by atoms with Gasteiger partial charge in [-0.3, -0.25) is 4.79 Å². The Labute approximate surface area is 127 Å². The van der Waals surface area contributed by atoms with Gasteiger partial charge in [-0.1, -0.05) is 11.6 Å². The molecule has 6 heteroatoms. The Morgan fingerprint density at radius 3 is 2.95 bits per heavy atom. The molecule has 1 aromatic carbocycles. The quantitative estimate of drug-likeness (QED) is 0.885. The Kier molecular flexibility index (Phi) is 3.51. The largest absolute Gasteiger partial charge is 0.497 e. The number of Topliss-reactive ketones (excluding diaryl/α,β-unsaturated/α-hetero) is 1. The van der Waals surface area contributed by atoms with Crippen LogP contribution in [0.2, 0.25) is 5.15 Å². The summed E-state index contributed by atoms with van der Waals surface area (Å²) in [5.74, 6) is 0.521. The summed E-state index contributed by atoms with van der Waals surface area (Å²) in [6.45, 7) is 2.05. The van der Waals surface area contributed by atoms with E-state index >= 15 is 0 Å². The average Bonchev–Trinajstić information content (AvgIpc) is 2.95. The number of rotatable bonds is 3. The number of ether oxygens (including phenoxy) is 1. The molecular weight excluding hydrogens is 290 g/mol. The molecule has 21 heavy (non-hydrogen) atoms. The number of halogens is 1. The molecule has 1 aliphatic rings. The van der Waals surface area contributed by atoms with Gasteiger partial charge in [0.15, 0.2) is 5.78 Å². The number of nitrogens with zero attached hydrogens (tertiary/aromatic N) is 2. The number of benzene rings is 1. The summed E-state index contributed by atoms with van der Waals surface area (Å²) in [4.78, 5) is 16.1. The molecule has 3 rings (SSSR count). The second kappa shape index (κ2) is 5.33. The second-order valence-electron chi connectivity index (χ2n) is 4.90. The first-order valence-electron chi connectivity index (χ1n) is 6.55. The summed E-state index contributed by atoms with van der Waals surface area (Å²) in [6.07, 6.45) is 0. The smallest absolute Gasteiger partial charge is 0.176 e. The molecule has 1 atom stereocenters. The number of carbonyl (C=O) groups is 1. The zero-order valence-electron chi connectivity index (χ0n) is 11.7. The van der Waals surface area contributed by atoms with Gasteiger partial charge in [-0.05, 0) is 24.3 Å². The number of nitrogens with one attached hydrogen (secondary N) is 1. The molecule has 0 bridgehead atoms. The lowest BCUT2D eigenvalue weighted by molar-refractivity contribution is -0.111. The third-order valence-corrected chi connectivity index (χ3v) is 3.87. The standard InChI is InChI=1S/C15H14ClN3O2/c1-8(20)14-12(7-17-19-14)11-6-9-5-10(21-2)3-4-13(9)18-15(11)16/h3-6,12,17H,7H2,1-2H3/t12-/m0/s1. The van der Waals surface area contributed by atoms with Crippen LogP contribution < -0.4 is 10.2 Å². The zero-order chi connectivity index (χ0) is 15.0. The van der Waals surface area contributed by atoms with E-state index in [1.807, 2.05) is 24.3 Å². The predicted octanol–water partition coefficient (Wildman–Crippen LogP) is 2.53. The number of methoxy groups -OCH3 is 1. The van der Waals surface area contributed by atoms with Gasteiger partial charge in [0.2, 0.25) is 0 Å². The van der Waals surface area contributed by atoms with Crippen LogP contribution in [0.3, 0.4) is 0 Å². The fourth-order valence-corrected chi connectivity index (χ4v) is 2.77. The zero-order valence-corrected chi connectivity index (χ0v) is 12.4. The molecule has 108 valence electrons. The van der Waals surface area contributed by atoms with Gasteiger partial charge in [0.1, 0.15) is 16.6 Å². The number of fused-ring (bicyclic) bond motifs is 1. The van der Waals surface area contributed by atoms with E-state index < -0.39 is 0 Å². The minimum Gasteiger partial charge on any atom is -0.497 e. The number of hydrogen-bond donors (Lipinski definition) is 1. The topological polar surface area (TPSA) is 63.6 Å². The highest BCUT2D eigenvalue weighted by molar-refractivity contribution is 6.42. The maximum Gasteiger partial charge on any atom is 0.176 e. The first-order chi connectivity index (χ1) is 10.1. The fraction of sp³-hybridized carbons (Fsp3) is 0.267. The maximum atomic E-state index is 11.7. The van der Waals surface area contributed by atoms with Crippen LogP contribution >= 0.6 is 11.6 Å². The number of aromatic nitrogens is 1. The van der Waals surface area contributed by atoms with E-state index in [4.69, 9.17) is 16.3 Å². The molecule has 1 N–H and O–H groups in total. The van der Waals surface area contributed by atoms with Crippen molar-refractivity contribution in [2.45, 2.75) is 12.8 Å². The summed E-state index contributed by atoms with van der Waals surface area (Å²) in [7, 11) is 1.62. The van der Waals surface area contributed by atoms with Crippen molar-refractivity contribution in [3.05, 3.63) is 35.0 Å². The Balaban J connectivity index is 2.12. The molecule has 0 radical (unpaired) electrons. The van der Waals surface area contributed by atoms with E-state index in [-0.39, 0.29) is 11.7 Å². The number of hydrogen-bond acceptors (Lipinski definition) is 5. The van der Waals surface area contributed by atoms with E-state index in [0.717, 1.165) is 22.2 Å². The van der Waals surface area contributed by atoms with Gasteiger partial charge in [-0.15, -0.1) is 0 Å². The van der Waals surface area contributed by atoms with Crippen molar-refractivity contribution >= 4 is 34.0 Å². The molecule has 5 nitrogen and oxygen atoms in total. The number of pyridine rings is 1. The van der Waals surface area contributed by atoms with Crippen molar-refractivity contribution in [1.82, 2.24) is 10.4 Å². The van der Waals surface area contributed by atoms with Crippen molar-refractivity contribution in [1.29, 1.82) is 0 Å². The van der Waals surface area contributed by atoms with Gasteiger partial charge in [0.05, 0.1) is 18.5 Å². The van der Waals surface area contributed by atoms with Crippen molar-refractivity contribution in [2.24, 2.45) is 5.10 Å². The van der Waals surface area contributed by atoms with E-state index in [0.29, 0.717) is 17.4 Å². The average molecular weight is 304 g/mol. The second-order valence-corrected chi connectivity index (χ2v) is 5.25.